The molecule has 0 radical (unpaired) electrons. The Morgan fingerprint density at radius 2 is 1.85 bits per heavy atom. The van der Waals surface area contributed by atoms with Crippen molar-refractivity contribution in [2.24, 2.45) is 11.3 Å². The normalized spacial score (nSPS) is 26.2. The molecule has 3 aliphatic heterocycles. The number of pyridine rings is 1. The average Bonchev–Trinajstić information content (AvgIpc) is 3.49. The maximum Gasteiger partial charge on any atom is 0.319 e. The van der Waals surface area contributed by atoms with E-state index in [1.54, 1.807) is 19.1 Å². The standard InChI is InChI=1S/C40H49F2N5O5/c1-3-28-31(41)8-7-26-18-27(48)19-29(33(26)28)35-34(42)36-30(20-43-35)37(47-14-17-51-23-39(2,49)22-47)45-38(44-36)52-24-40-11-4-6-32(40)46(13-5-12-40)21-25-9-15-50-16-10-25/h7-8,18-20,25,32,48-49H,3-6,9-17,21-24H2,1-2H3. The van der Waals surface area contributed by atoms with Crippen molar-refractivity contribution < 1.29 is 33.2 Å². The third-order valence-corrected chi connectivity index (χ3v) is 11.9. The van der Waals surface area contributed by atoms with Gasteiger partial charge in [0, 0.05) is 49.5 Å². The molecule has 278 valence electrons. The molecule has 4 aromatic rings. The summed E-state index contributed by atoms with van der Waals surface area (Å²) in [6.07, 6.45) is 9.55. The molecule has 8 rings (SSSR count). The van der Waals surface area contributed by atoms with Crippen LogP contribution in [0.3, 0.4) is 0 Å². The first-order valence-electron chi connectivity index (χ1n) is 18.9. The molecule has 3 unspecified atom stereocenters. The van der Waals surface area contributed by atoms with Crippen LogP contribution >= 0.6 is 0 Å². The number of hydrogen-bond acceptors (Lipinski definition) is 10. The molecule has 3 atom stereocenters. The number of fused-ring (bicyclic) bond motifs is 3. The van der Waals surface area contributed by atoms with Crippen LogP contribution in [0.4, 0.5) is 14.6 Å². The molecule has 12 heteroatoms. The highest BCUT2D eigenvalue weighted by Crippen LogP contribution is 2.48. The Hall–Kier alpha value is -3.71. The summed E-state index contributed by atoms with van der Waals surface area (Å²) in [5, 5.41) is 23.2. The number of aromatic hydroxyl groups is 1. The lowest BCUT2D eigenvalue weighted by Gasteiger charge is -2.47. The van der Waals surface area contributed by atoms with Crippen LogP contribution in [0.2, 0.25) is 0 Å². The minimum atomic E-state index is -1.17. The van der Waals surface area contributed by atoms with Gasteiger partial charge in [0.25, 0.3) is 0 Å². The number of ether oxygens (including phenoxy) is 3. The second-order valence-electron chi connectivity index (χ2n) is 15.7. The van der Waals surface area contributed by atoms with Gasteiger partial charge >= 0.3 is 6.01 Å². The largest absolute Gasteiger partial charge is 0.508 e. The zero-order chi connectivity index (χ0) is 36.0. The first-order chi connectivity index (χ1) is 25.1. The number of piperidine rings is 1. The van der Waals surface area contributed by atoms with Gasteiger partial charge in [-0.2, -0.15) is 9.97 Å². The minimum Gasteiger partial charge on any atom is -0.508 e. The van der Waals surface area contributed by atoms with Crippen LogP contribution in [0.5, 0.6) is 11.8 Å². The molecule has 4 aliphatic rings. The molecule has 5 heterocycles. The van der Waals surface area contributed by atoms with Gasteiger partial charge in [-0.15, -0.1) is 0 Å². The molecule has 1 saturated carbocycles. The van der Waals surface area contributed by atoms with Crippen molar-refractivity contribution in [3.63, 3.8) is 0 Å². The number of halogens is 2. The van der Waals surface area contributed by atoms with Gasteiger partial charge in [0.2, 0.25) is 0 Å². The van der Waals surface area contributed by atoms with Crippen molar-refractivity contribution in [3.05, 3.63) is 47.7 Å². The monoisotopic (exact) mass is 717 g/mol. The Balaban J connectivity index is 1.20. The van der Waals surface area contributed by atoms with Crippen molar-refractivity contribution in [3.8, 4) is 23.0 Å². The summed E-state index contributed by atoms with van der Waals surface area (Å²) in [6, 6.07) is 6.38. The number of aliphatic hydroxyl groups is 1. The number of benzene rings is 2. The number of hydrogen-bond donors (Lipinski definition) is 2. The topological polar surface area (TPSA) is 113 Å². The maximum atomic E-state index is 17.1. The van der Waals surface area contributed by atoms with Gasteiger partial charge in [0.15, 0.2) is 5.82 Å². The van der Waals surface area contributed by atoms with E-state index in [1.807, 2.05) is 11.8 Å². The lowest BCUT2D eigenvalue weighted by Crippen LogP contribution is -2.53. The van der Waals surface area contributed by atoms with Gasteiger partial charge in [-0.25, -0.2) is 8.78 Å². The summed E-state index contributed by atoms with van der Waals surface area (Å²) >= 11 is 0. The predicted octanol–water partition coefficient (Wildman–Crippen LogP) is 6.42. The lowest BCUT2D eigenvalue weighted by molar-refractivity contribution is -0.0203. The van der Waals surface area contributed by atoms with E-state index in [-0.39, 0.29) is 47.1 Å². The summed E-state index contributed by atoms with van der Waals surface area (Å²) in [6.45, 7) is 8.92. The van der Waals surface area contributed by atoms with Crippen molar-refractivity contribution in [2.75, 3.05) is 64.1 Å². The van der Waals surface area contributed by atoms with Gasteiger partial charge in [-0.3, -0.25) is 9.88 Å². The Labute approximate surface area is 303 Å². The first kappa shape index (κ1) is 35.3. The van der Waals surface area contributed by atoms with E-state index in [1.165, 1.54) is 18.3 Å². The summed E-state index contributed by atoms with van der Waals surface area (Å²) in [7, 11) is 0. The van der Waals surface area contributed by atoms with Crippen LogP contribution in [0.15, 0.2) is 30.5 Å². The number of β-amino-alcohol motifs (C(OH)–C–C–N with tert-alkyl or cyclic N) is 1. The Bertz CT molecular complexity index is 1960. The Morgan fingerprint density at radius 3 is 2.67 bits per heavy atom. The Kier molecular flexibility index (Phi) is 9.69. The molecule has 0 amide bonds. The fourth-order valence-corrected chi connectivity index (χ4v) is 9.43. The van der Waals surface area contributed by atoms with Crippen LogP contribution in [0.1, 0.15) is 64.4 Å². The highest BCUT2D eigenvalue weighted by Gasteiger charge is 2.49. The fraction of sp³-hybridized carbons (Fsp3) is 0.575. The molecule has 52 heavy (non-hydrogen) atoms. The van der Waals surface area contributed by atoms with E-state index < -0.39 is 17.2 Å². The van der Waals surface area contributed by atoms with Crippen LogP contribution < -0.4 is 9.64 Å². The number of phenols is 1. The molecule has 2 aromatic heterocycles. The molecule has 1 aliphatic carbocycles. The molecule has 2 N–H and O–H groups in total. The highest BCUT2D eigenvalue weighted by atomic mass is 19.1. The SMILES string of the molecule is CCc1c(F)ccc2cc(O)cc(-c3ncc4c(N5CCOCC(C)(O)C5)nc(OCC56CCCC5N(CC5CCOCC5)CCC6)nc4c3F)c12. The van der Waals surface area contributed by atoms with Crippen molar-refractivity contribution in [2.45, 2.75) is 76.9 Å². The number of nitrogens with zero attached hydrogens (tertiary/aromatic N) is 5. The molecular formula is C40H49F2N5O5. The van der Waals surface area contributed by atoms with Crippen LogP contribution in [0, 0.1) is 23.0 Å². The number of phenolic OH excluding ortho intramolecular Hbond substituents is 1. The predicted molar refractivity (Wildman–Crippen MR) is 195 cm³/mol. The van der Waals surface area contributed by atoms with E-state index in [4.69, 9.17) is 24.2 Å². The third kappa shape index (κ3) is 6.67. The summed E-state index contributed by atoms with van der Waals surface area (Å²) in [4.78, 5) is 18.7. The van der Waals surface area contributed by atoms with Gasteiger partial charge in [0.1, 0.15) is 34.2 Å². The van der Waals surface area contributed by atoms with Gasteiger partial charge < -0.3 is 29.3 Å². The summed E-state index contributed by atoms with van der Waals surface area (Å²) in [5.74, 6) is -0.168. The maximum absolute atomic E-state index is 17.1. The average molecular weight is 718 g/mol. The molecular weight excluding hydrogens is 668 g/mol. The number of aryl methyl sites for hydroxylation is 1. The van der Waals surface area contributed by atoms with E-state index in [0.29, 0.717) is 65.7 Å². The number of aromatic nitrogens is 3. The molecule has 3 saturated heterocycles. The van der Waals surface area contributed by atoms with Crippen molar-refractivity contribution >= 4 is 27.5 Å². The lowest BCUT2D eigenvalue weighted by atomic mass is 9.75. The van der Waals surface area contributed by atoms with Gasteiger partial charge in [0.05, 0.1) is 31.8 Å². The first-order valence-corrected chi connectivity index (χ1v) is 18.9. The number of likely N-dealkylation sites (tertiary alicyclic amines) is 1. The minimum absolute atomic E-state index is 0.00557. The van der Waals surface area contributed by atoms with E-state index in [2.05, 4.69) is 9.88 Å². The number of rotatable bonds is 8. The van der Waals surface area contributed by atoms with Crippen molar-refractivity contribution in [1.29, 1.82) is 0 Å². The van der Waals surface area contributed by atoms with E-state index in [9.17, 15) is 10.2 Å². The molecule has 4 fully saturated rings. The van der Waals surface area contributed by atoms with E-state index in [0.717, 1.165) is 71.2 Å². The zero-order valence-electron chi connectivity index (χ0n) is 30.2. The summed E-state index contributed by atoms with van der Waals surface area (Å²) < 4.78 is 50.1. The van der Waals surface area contributed by atoms with Crippen LogP contribution in [-0.4, -0.2) is 101 Å². The third-order valence-electron chi connectivity index (χ3n) is 11.9. The van der Waals surface area contributed by atoms with Crippen LogP contribution in [-0.2, 0) is 15.9 Å². The van der Waals surface area contributed by atoms with Crippen molar-refractivity contribution in [1.82, 2.24) is 19.9 Å². The number of anilines is 1. The fourth-order valence-electron chi connectivity index (χ4n) is 9.43. The van der Waals surface area contributed by atoms with E-state index >= 15 is 8.78 Å². The quantitative estimate of drug-likeness (QED) is 0.212. The Morgan fingerprint density at radius 1 is 1.02 bits per heavy atom. The smallest absolute Gasteiger partial charge is 0.319 e. The second kappa shape index (κ2) is 14.3. The highest BCUT2D eigenvalue weighted by molar-refractivity contribution is 6.01. The molecule has 10 nitrogen and oxygen atoms in total. The zero-order valence-corrected chi connectivity index (χ0v) is 30.2. The second-order valence-corrected chi connectivity index (χ2v) is 15.7. The van der Waals surface area contributed by atoms with Gasteiger partial charge in [-0.1, -0.05) is 19.4 Å². The van der Waals surface area contributed by atoms with Gasteiger partial charge in [-0.05, 0) is 98.9 Å². The summed E-state index contributed by atoms with van der Waals surface area (Å²) in [5.41, 5.74) is -0.582. The molecule has 2 aromatic carbocycles. The molecule has 0 spiro atoms. The van der Waals surface area contributed by atoms with Crippen LogP contribution in [0.25, 0.3) is 32.9 Å². The molecule has 0 bridgehead atoms.